The van der Waals surface area contributed by atoms with Crippen molar-refractivity contribution in [1.82, 2.24) is 0 Å². The van der Waals surface area contributed by atoms with Crippen molar-refractivity contribution in [2.45, 2.75) is 26.6 Å². The molecule has 1 unspecified atom stereocenters. The van der Waals surface area contributed by atoms with Gasteiger partial charge in [-0.05, 0) is 84.0 Å². The zero-order chi connectivity index (χ0) is 21.0. The summed E-state index contributed by atoms with van der Waals surface area (Å²) in [6.07, 6.45) is 0. The molecule has 0 fully saturated rings. The van der Waals surface area contributed by atoms with Gasteiger partial charge in [-0.15, -0.1) is 0 Å². The molecule has 0 saturated heterocycles. The molecule has 7 heteroatoms. The van der Waals surface area contributed by atoms with Gasteiger partial charge in [0.2, 0.25) is 0 Å². The third-order valence-corrected chi connectivity index (χ3v) is 7.56. The number of phenols is 1. The van der Waals surface area contributed by atoms with Crippen LogP contribution in [-0.4, -0.2) is 18.3 Å². The summed E-state index contributed by atoms with van der Waals surface area (Å²) in [4.78, 5) is 0. The predicted molar refractivity (Wildman–Crippen MR) is 127 cm³/mol. The lowest BCUT2D eigenvalue weighted by atomic mass is 10.0. The van der Waals surface area contributed by atoms with Crippen LogP contribution in [0.15, 0.2) is 54.6 Å². The summed E-state index contributed by atoms with van der Waals surface area (Å²) in [5.74, 6) is -0.823. The van der Waals surface area contributed by atoms with E-state index >= 15 is 0 Å². The third-order valence-electron chi connectivity index (χ3n) is 4.64. The molecule has 29 heavy (non-hydrogen) atoms. The number of phenolic OH excluding ortho intramolecular Hbond substituents is 1. The molecular formula is C22H25INO4P. The summed E-state index contributed by atoms with van der Waals surface area (Å²) in [6.45, 7) is 6.00. The van der Waals surface area contributed by atoms with Crippen molar-refractivity contribution in [2.24, 2.45) is 0 Å². The summed E-state index contributed by atoms with van der Waals surface area (Å²) >= 11 is 2.26. The highest BCUT2D eigenvalue weighted by molar-refractivity contribution is 14.1. The second-order valence-corrected chi connectivity index (χ2v) is 9.96. The van der Waals surface area contributed by atoms with Crippen molar-refractivity contribution in [3.8, 4) is 5.75 Å². The minimum Gasteiger partial charge on any atom is -0.508 e. The second-order valence-electron chi connectivity index (χ2n) is 6.60. The fraction of sp³-hybridized carbons (Fsp3) is 0.273. The highest BCUT2D eigenvalue weighted by Gasteiger charge is 2.39. The van der Waals surface area contributed by atoms with Crippen LogP contribution in [0.1, 0.15) is 30.8 Å². The molecule has 0 amide bonds. The third kappa shape index (κ3) is 4.77. The molecule has 0 bridgehead atoms. The predicted octanol–water partition coefficient (Wildman–Crippen LogP) is 6.84. The minimum atomic E-state index is -3.65. The Morgan fingerprint density at radius 2 is 1.76 bits per heavy atom. The van der Waals surface area contributed by atoms with Gasteiger partial charge in [0.05, 0.1) is 13.2 Å². The summed E-state index contributed by atoms with van der Waals surface area (Å²) < 4.78 is 26.3. The number of anilines is 1. The molecule has 0 aliphatic heterocycles. The van der Waals surface area contributed by atoms with Crippen LogP contribution in [-0.2, 0) is 13.6 Å². The first-order valence-electron chi connectivity index (χ1n) is 9.51. The van der Waals surface area contributed by atoms with Crippen molar-refractivity contribution in [3.05, 3.63) is 69.3 Å². The van der Waals surface area contributed by atoms with Gasteiger partial charge in [0.15, 0.2) is 5.78 Å². The van der Waals surface area contributed by atoms with Gasteiger partial charge < -0.3 is 19.5 Å². The summed E-state index contributed by atoms with van der Waals surface area (Å²) in [6, 6.07) is 17.1. The Morgan fingerprint density at radius 1 is 1.07 bits per heavy atom. The topological polar surface area (TPSA) is 67.8 Å². The number of aromatic hydroxyl groups is 1. The Kier molecular flexibility index (Phi) is 7.22. The number of hydrogen-bond donors (Lipinski definition) is 2. The van der Waals surface area contributed by atoms with Gasteiger partial charge in [-0.1, -0.05) is 30.3 Å². The number of hydrogen-bond acceptors (Lipinski definition) is 5. The normalized spacial score (nSPS) is 12.8. The molecular weight excluding hydrogens is 500 g/mol. The van der Waals surface area contributed by atoms with E-state index in [-0.39, 0.29) is 19.0 Å². The van der Waals surface area contributed by atoms with E-state index in [1.54, 1.807) is 19.9 Å². The average Bonchev–Trinajstić information content (AvgIpc) is 2.68. The highest BCUT2D eigenvalue weighted by atomic mass is 127. The number of aryl methyl sites for hydroxylation is 1. The first-order chi connectivity index (χ1) is 13.9. The molecule has 3 aromatic carbocycles. The lowest BCUT2D eigenvalue weighted by Gasteiger charge is -2.30. The Morgan fingerprint density at radius 3 is 2.41 bits per heavy atom. The van der Waals surface area contributed by atoms with Crippen LogP contribution in [0.4, 0.5) is 5.69 Å². The van der Waals surface area contributed by atoms with E-state index < -0.39 is 13.4 Å². The van der Waals surface area contributed by atoms with Gasteiger partial charge in [0, 0.05) is 14.8 Å². The Balaban J connectivity index is 2.23. The molecule has 0 aromatic heterocycles. The number of rotatable bonds is 8. The molecule has 0 aliphatic carbocycles. The van der Waals surface area contributed by atoms with Crippen LogP contribution < -0.4 is 5.32 Å². The van der Waals surface area contributed by atoms with Crippen LogP contribution in [0.25, 0.3) is 10.8 Å². The minimum absolute atomic E-state index is 0.0454. The van der Waals surface area contributed by atoms with Crippen LogP contribution in [0.3, 0.4) is 0 Å². The van der Waals surface area contributed by atoms with E-state index in [1.807, 2.05) is 55.5 Å². The molecule has 154 valence electrons. The fourth-order valence-corrected chi connectivity index (χ4v) is 5.99. The van der Waals surface area contributed by atoms with Crippen molar-refractivity contribution >= 4 is 46.6 Å². The first kappa shape index (κ1) is 22.1. The number of fused-ring (bicyclic) bond motifs is 1. The molecule has 1 atom stereocenters. The van der Waals surface area contributed by atoms with E-state index in [1.165, 1.54) is 0 Å². The molecule has 0 radical (unpaired) electrons. The molecule has 0 saturated carbocycles. The van der Waals surface area contributed by atoms with Crippen LogP contribution >= 0.6 is 30.2 Å². The summed E-state index contributed by atoms with van der Waals surface area (Å²) in [5.41, 5.74) is 2.31. The molecule has 3 aromatic rings. The van der Waals surface area contributed by atoms with Crippen LogP contribution in [0.5, 0.6) is 5.75 Å². The maximum Gasteiger partial charge on any atom is 0.357 e. The van der Waals surface area contributed by atoms with Crippen LogP contribution in [0.2, 0.25) is 0 Å². The molecule has 0 spiro atoms. The maximum atomic E-state index is 13.9. The monoisotopic (exact) mass is 525 g/mol. The van der Waals surface area contributed by atoms with Crippen molar-refractivity contribution < 1.29 is 18.7 Å². The van der Waals surface area contributed by atoms with Gasteiger partial charge in [0.1, 0.15) is 5.75 Å². The van der Waals surface area contributed by atoms with Gasteiger partial charge >= 0.3 is 7.60 Å². The maximum absolute atomic E-state index is 13.9. The zero-order valence-corrected chi connectivity index (χ0v) is 19.7. The number of benzene rings is 3. The average molecular weight is 525 g/mol. The van der Waals surface area contributed by atoms with E-state index in [0.29, 0.717) is 5.56 Å². The second kappa shape index (κ2) is 9.47. The van der Waals surface area contributed by atoms with Gasteiger partial charge in [-0.25, -0.2) is 0 Å². The molecule has 0 aliphatic rings. The molecule has 2 N–H and O–H groups in total. The van der Waals surface area contributed by atoms with E-state index in [0.717, 1.165) is 25.6 Å². The standard InChI is InChI=1S/C22H25INO4P/c1-4-27-29(26,28-5-2)22(24-19-12-11-17(23)14-15(19)3)21-18-9-7-6-8-16(18)10-13-20(21)25/h6-14,22,24-25H,4-5H2,1-3H3. The molecule has 3 rings (SSSR count). The molecule has 5 nitrogen and oxygen atoms in total. The van der Waals surface area contributed by atoms with Gasteiger partial charge in [-0.3, -0.25) is 4.57 Å². The summed E-state index contributed by atoms with van der Waals surface area (Å²) in [7, 11) is -3.65. The van der Waals surface area contributed by atoms with Gasteiger partial charge in [0.25, 0.3) is 0 Å². The first-order valence-corrected chi connectivity index (χ1v) is 12.2. The largest absolute Gasteiger partial charge is 0.508 e. The SMILES string of the molecule is CCOP(=O)(OCC)C(Nc1ccc(I)cc1C)c1c(O)ccc2ccccc12. The van der Waals surface area contributed by atoms with E-state index in [9.17, 15) is 9.67 Å². The van der Waals surface area contributed by atoms with E-state index in [2.05, 4.69) is 27.9 Å². The Labute approximate surface area is 185 Å². The number of nitrogens with one attached hydrogen (secondary N) is 1. The molecule has 0 heterocycles. The Hall–Kier alpha value is -1.60. The smallest absolute Gasteiger partial charge is 0.357 e. The fourth-order valence-electron chi connectivity index (χ4n) is 3.36. The van der Waals surface area contributed by atoms with Crippen LogP contribution in [0, 0.1) is 10.5 Å². The van der Waals surface area contributed by atoms with Crippen molar-refractivity contribution in [3.63, 3.8) is 0 Å². The van der Waals surface area contributed by atoms with Gasteiger partial charge in [-0.2, -0.15) is 0 Å². The number of halogens is 1. The quantitative estimate of drug-likeness (QED) is 0.249. The lowest BCUT2D eigenvalue weighted by molar-refractivity contribution is 0.214. The van der Waals surface area contributed by atoms with E-state index in [4.69, 9.17) is 9.05 Å². The van der Waals surface area contributed by atoms with Crippen molar-refractivity contribution in [2.75, 3.05) is 18.5 Å². The zero-order valence-electron chi connectivity index (χ0n) is 16.7. The summed E-state index contributed by atoms with van der Waals surface area (Å²) in [5, 5.41) is 15.9. The van der Waals surface area contributed by atoms with Crippen molar-refractivity contribution in [1.29, 1.82) is 0 Å². The Bertz CT molecular complexity index is 1050. The lowest BCUT2D eigenvalue weighted by Crippen LogP contribution is -2.16. The highest BCUT2D eigenvalue weighted by Crippen LogP contribution is 2.63.